The number of furan rings is 1. The quantitative estimate of drug-likeness (QED) is 0.168. The number of hydrogen-bond acceptors (Lipinski definition) is 2. The Labute approximate surface area is 312 Å². The van der Waals surface area contributed by atoms with Crippen LogP contribution >= 0.6 is 0 Å². The average Bonchev–Trinajstić information content (AvgIpc) is 3.62. The van der Waals surface area contributed by atoms with Gasteiger partial charge in [-0.2, -0.15) is 0 Å². The molecule has 1 aromatic heterocycles. The Balaban J connectivity index is 1.06. The van der Waals surface area contributed by atoms with Gasteiger partial charge in [-0.25, -0.2) is 0 Å². The van der Waals surface area contributed by atoms with E-state index >= 15 is 0 Å². The van der Waals surface area contributed by atoms with Crippen molar-refractivity contribution >= 4 is 82.1 Å². The van der Waals surface area contributed by atoms with Gasteiger partial charge >= 0.3 is 0 Å². The minimum Gasteiger partial charge on any atom is -0.456 e. The first-order valence-electron chi connectivity index (χ1n) is 18.5. The largest absolute Gasteiger partial charge is 0.456 e. The molecule has 10 aromatic carbocycles. The number of nitrogens with zero attached hydrogens (tertiary/aromatic N) is 1. The number of fused-ring (bicyclic) bond motifs is 9. The molecule has 0 spiro atoms. The fraction of sp³-hybridized carbons (Fsp3) is 0. The summed E-state index contributed by atoms with van der Waals surface area (Å²) in [5.41, 5.74) is 9.79. The summed E-state index contributed by atoms with van der Waals surface area (Å²) in [7, 11) is 0. The highest BCUT2D eigenvalue weighted by Gasteiger charge is 2.18. The number of para-hydroxylation sites is 1. The number of hydrogen-bond donors (Lipinski definition) is 0. The third kappa shape index (κ3) is 4.88. The summed E-state index contributed by atoms with van der Waals surface area (Å²) < 4.78 is 6.39. The predicted molar refractivity (Wildman–Crippen MR) is 229 cm³/mol. The highest BCUT2D eigenvalue weighted by atomic mass is 16.3. The van der Waals surface area contributed by atoms with E-state index < -0.39 is 0 Å². The minimum absolute atomic E-state index is 0.873. The Bertz CT molecular complexity index is 3190. The molecule has 0 N–H and O–H groups in total. The van der Waals surface area contributed by atoms with Crippen LogP contribution in [0.3, 0.4) is 0 Å². The van der Waals surface area contributed by atoms with Gasteiger partial charge in [-0.15, -0.1) is 0 Å². The zero-order chi connectivity index (χ0) is 35.6. The van der Waals surface area contributed by atoms with Crippen molar-refractivity contribution < 1.29 is 4.42 Å². The van der Waals surface area contributed by atoms with Gasteiger partial charge in [0.1, 0.15) is 11.2 Å². The summed E-state index contributed by atoms with van der Waals surface area (Å²) in [4.78, 5) is 2.33. The van der Waals surface area contributed by atoms with Crippen molar-refractivity contribution in [2.45, 2.75) is 0 Å². The van der Waals surface area contributed by atoms with Gasteiger partial charge in [-0.05, 0) is 114 Å². The maximum Gasteiger partial charge on any atom is 0.137 e. The van der Waals surface area contributed by atoms with E-state index in [1.165, 1.54) is 65.3 Å². The highest BCUT2D eigenvalue weighted by molar-refractivity contribution is 6.24. The lowest BCUT2D eigenvalue weighted by molar-refractivity contribution is 0.669. The molecule has 0 aliphatic heterocycles. The molecule has 0 aliphatic rings. The zero-order valence-electron chi connectivity index (χ0n) is 29.4. The first-order chi connectivity index (χ1) is 26.8. The second kappa shape index (κ2) is 12.2. The van der Waals surface area contributed by atoms with Crippen molar-refractivity contribution in [3.05, 3.63) is 200 Å². The molecule has 0 unspecified atom stereocenters. The highest BCUT2D eigenvalue weighted by Crippen LogP contribution is 2.42. The van der Waals surface area contributed by atoms with Crippen LogP contribution in [0.15, 0.2) is 205 Å². The lowest BCUT2D eigenvalue weighted by Crippen LogP contribution is -2.09. The zero-order valence-corrected chi connectivity index (χ0v) is 29.4. The van der Waals surface area contributed by atoms with Crippen LogP contribution in [-0.4, -0.2) is 0 Å². The number of benzene rings is 10. The fourth-order valence-corrected chi connectivity index (χ4v) is 8.47. The summed E-state index contributed by atoms with van der Waals surface area (Å²) in [5.74, 6) is 0. The molecule has 0 bridgehead atoms. The van der Waals surface area contributed by atoms with Gasteiger partial charge in [0.05, 0.1) is 0 Å². The number of anilines is 3. The molecule has 54 heavy (non-hydrogen) atoms. The van der Waals surface area contributed by atoms with Gasteiger partial charge in [0, 0.05) is 33.9 Å². The van der Waals surface area contributed by atoms with Gasteiger partial charge in [-0.1, -0.05) is 146 Å². The molecule has 0 saturated heterocycles. The van der Waals surface area contributed by atoms with Crippen LogP contribution in [0, 0.1) is 0 Å². The molecule has 0 aliphatic carbocycles. The molecule has 0 fully saturated rings. The lowest BCUT2D eigenvalue weighted by Gasteiger charge is -2.26. The number of rotatable bonds is 5. The molecule has 1 heterocycles. The Kier molecular flexibility index (Phi) is 6.90. The van der Waals surface area contributed by atoms with E-state index in [1.807, 2.05) is 12.1 Å². The van der Waals surface area contributed by atoms with Crippen LogP contribution in [0.4, 0.5) is 17.1 Å². The maximum absolute atomic E-state index is 6.39. The van der Waals surface area contributed by atoms with E-state index in [2.05, 4.69) is 193 Å². The van der Waals surface area contributed by atoms with Crippen molar-refractivity contribution in [1.29, 1.82) is 0 Å². The van der Waals surface area contributed by atoms with Crippen molar-refractivity contribution in [3.8, 4) is 22.3 Å². The van der Waals surface area contributed by atoms with E-state index in [1.54, 1.807) is 0 Å². The maximum atomic E-state index is 6.39. The van der Waals surface area contributed by atoms with Crippen LogP contribution in [0.25, 0.3) is 87.3 Å². The topological polar surface area (TPSA) is 16.4 Å². The van der Waals surface area contributed by atoms with Crippen LogP contribution in [-0.2, 0) is 0 Å². The standard InChI is InChI=1S/C52H33NO/c1-4-14-42-34(10-1)13-9-18-43(42)36-20-25-39(26-21-36)53(41-29-31-47-46-17-7-8-19-50(46)54-51(47)33-41)40-27-22-37(23-28-40)49-32-38-12-3-6-16-45(38)52-44-15-5-2-11-35(44)24-30-48(49)52/h1-33H. The first kappa shape index (κ1) is 30.5. The lowest BCUT2D eigenvalue weighted by atomic mass is 9.90. The third-order valence-corrected chi connectivity index (χ3v) is 11.0. The van der Waals surface area contributed by atoms with Gasteiger partial charge in [0.15, 0.2) is 0 Å². The average molecular weight is 688 g/mol. The SMILES string of the molecule is c1ccc2c(-c3ccc(N(c4ccc(-c5cc6ccccc6c6c5ccc5ccccc56)cc4)c4ccc5c(c4)oc4ccccc45)cc3)cccc2c1. The molecule has 0 amide bonds. The Morgan fingerprint density at radius 3 is 1.56 bits per heavy atom. The third-order valence-electron chi connectivity index (χ3n) is 11.0. The monoisotopic (exact) mass is 687 g/mol. The van der Waals surface area contributed by atoms with Gasteiger partial charge in [0.2, 0.25) is 0 Å². The van der Waals surface area contributed by atoms with Crippen LogP contribution in [0.1, 0.15) is 0 Å². The molecule has 0 atom stereocenters. The predicted octanol–water partition coefficient (Wildman–Crippen LogP) is 15.0. The minimum atomic E-state index is 0.873. The summed E-state index contributed by atoms with van der Waals surface area (Å²) in [6.07, 6.45) is 0. The summed E-state index contributed by atoms with van der Waals surface area (Å²) in [6, 6.07) is 72.3. The second-order valence-electron chi connectivity index (χ2n) is 14.1. The van der Waals surface area contributed by atoms with E-state index in [0.717, 1.165) is 39.0 Å². The summed E-state index contributed by atoms with van der Waals surface area (Å²) in [5, 5.41) is 12.4. The van der Waals surface area contributed by atoms with Gasteiger partial charge in [0.25, 0.3) is 0 Å². The van der Waals surface area contributed by atoms with Gasteiger partial charge < -0.3 is 9.32 Å². The Morgan fingerprint density at radius 1 is 0.296 bits per heavy atom. The molecular weight excluding hydrogens is 655 g/mol. The van der Waals surface area contributed by atoms with Crippen molar-refractivity contribution in [2.75, 3.05) is 4.90 Å². The van der Waals surface area contributed by atoms with Crippen LogP contribution in [0.2, 0.25) is 0 Å². The van der Waals surface area contributed by atoms with Crippen LogP contribution < -0.4 is 4.90 Å². The molecule has 11 aromatic rings. The first-order valence-corrected chi connectivity index (χ1v) is 18.5. The fourth-order valence-electron chi connectivity index (χ4n) is 8.47. The van der Waals surface area contributed by atoms with Crippen molar-refractivity contribution in [3.63, 3.8) is 0 Å². The molecule has 252 valence electrons. The molecule has 0 radical (unpaired) electrons. The van der Waals surface area contributed by atoms with E-state index in [9.17, 15) is 0 Å². The molecule has 0 saturated carbocycles. The molecule has 2 nitrogen and oxygen atoms in total. The summed E-state index contributed by atoms with van der Waals surface area (Å²) in [6.45, 7) is 0. The summed E-state index contributed by atoms with van der Waals surface area (Å²) >= 11 is 0. The smallest absolute Gasteiger partial charge is 0.137 e. The van der Waals surface area contributed by atoms with Crippen molar-refractivity contribution in [1.82, 2.24) is 0 Å². The van der Waals surface area contributed by atoms with Crippen molar-refractivity contribution in [2.24, 2.45) is 0 Å². The van der Waals surface area contributed by atoms with E-state index in [4.69, 9.17) is 4.42 Å². The van der Waals surface area contributed by atoms with E-state index in [-0.39, 0.29) is 0 Å². The second-order valence-corrected chi connectivity index (χ2v) is 14.1. The normalized spacial score (nSPS) is 11.7. The Hall–Kier alpha value is -7.16. The van der Waals surface area contributed by atoms with E-state index in [0.29, 0.717) is 0 Å². The molecule has 2 heteroatoms. The molecule has 11 rings (SSSR count). The Morgan fingerprint density at radius 2 is 0.815 bits per heavy atom. The van der Waals surface area contributed by atoms with Gasteiger partial charge in [-0.3, -0.25) is 0 Å². The van der Waals surface area contributed by atoms with Crippen LogP contribution in [0.5, 0.6) is 0 Å². The molecular formula is C52H33NO.